The van der Waals surface area contributed by atoms with Gasteiger partial charge in [-0.2, -0.15) is 0 Å². The highest BCUT2D eigenvalue weighted by Gasteiger charge is 2.21. The van der Waals surface area contributed by atoms with Crippen molar-refractivity contribution in [3.63, 3.8) is 0 Å². The molecule has 25 heavy (non-hydrogen) atoms. The van der Waals surface area contributed by atoms with Crippen LogP contribution in [0.2, 0.25) is 0 Å². The molecule has 2 aliphatic heterocycles. The van der Waals surface area contributed by atoms with Gasteiger partial charge in [-0.3, -0.25) is 4.90 Å². The number of ether oxygens (including phenoxy) is 1. The van der Waals surface area contributed by atoms with E-state index in [1.807, 2.05) is 6.26 Å². The van der Waals surface area contributed by atoms with E-state index < -0.39 is 0 Å². The molecule has 2 aromatic rings. The van der Waals surface area contributed by atoms with Crippen molar-refractivity contribution >= 4 is 11.3 Å². The Bertz CT molecular complexity index is 788. The maximum atomic E-state index is 5.67. The van der Waals surface area contributed by atoms with Gasteiger partial charge in [-0.15, -0.1) is 0 Å². The smallest absolute Gasteiger partial charge is 0.113 e. The van der Waals surface area contributed by atoms with E-state index in [2.05, 4.69) is 66.1 Å². The fourth-order valence-electron chi connectivity index (χ4n) is 3.84. The van der Waals surface area contributed by atoms with Crippen LogP contribution in [0, 0.1) is 13.8 Å². The van der Waals surface area contributed by atoms with Crippen LogP contribution in [0.4, 0.5) is 5.69 Å². The van der Waals surface area contributed by atoms with E-state index >= 15 is 0 Å². The number of hydrogen-bond acceptors (Lipinski definition) is 3. The maximum Gasteiger partial charge on any atom is 0.113 e. The zero-order valence-corrected chi connectivity index (χ0v) is 15.2. The van der Waals surface area contributed by atoms with Crippen LogP contribution in [0.25, 0.3) is 5.57 Å². The standard InChI is InChI=1S/C22H26N2O/c1-17-6-5-9-22(18(17)2)24-12-10-23(11-13-24)14-20-16-25-15-19-7-3-4-8-21(19)20/h3-9,16H,10-15H2,1-2H3. The lowest BCUT2D eigenvalue weighted by Gasteiger charge is -2.37. The minimum absolute atomic E-state index is 0.695. The lowest BCUT2D eigenvalue weighted by Crippen LogP contribution is -2.47. The molecular formula is C22H26N2O. The molecule has 0 atom stereocenters. The first-order chi connectivity index (χ1) is 12.2. The quantitative estimate of drug-likeness (QED) is 0.844. The summed E-state index contributed by atoms with van der Waals surface area (Å²) in [6.45, 7) is 10.4. The SMILES string of the molecule is Cc1cccc(N2CCN(CC3=COCc4ccccc43)CC2)c1C. The molecule has 0 N–H and O–H groups in total. The van der Waals surface area contributed by atoms with Crippen molar-refractivity contribution in [1.29, 1.82) is 0 Å². The fraction of sp³-hybridized carbons (Fsp3) is 0.364. The van der Waals surface area contributed by atoms with Gasteiger partial charge in [0.2, 0.25) is 0 Å². The normalized spacial score (nSPS) is 17.7. The minimum Gasteiger partial charge on any atom is -0.496 e. The summed E-state index contributed by atoms with van der Waals surface area (Å²) in [6, 6.07) is 15.2. The van der Waals surface area contributed by atoms with E-state index in [1.165, 1.54) is 33.5 Å². The number of piperazine rings is 1. The first-order valence-electron chi connectivity index (χ1n) is 9.15. The molecule has 0 spiro atoms. The third-order valence-corrected chi connectivity index (χ3v) is 5.51. The Balaban J connectivity index is 1.41. The monoisotopic (exact) mass is 334 g/mol. The zero-order valence-electron chi connectivity index (χ0n) is 15.2. The number of hydrogen-bond donors (Lipinski definition) is 0. The highest BCUT2D eigenvalue weighted by molar-refractivity contribution is 5.70. The molecule has 2 heterocycles. The molecular weight excluding hydrogens is 308 g/mol. The second kappa shape index (κ2) is 6.93. The number of rotatable bonds is 3. The van der Waals surface area contributed by atoms with Crippen molar-refractivity contribution in [2.75, 3.05) is 37.6 Å². The van der Waals surface area contributed by atoms with Crippen molar-refractivity contribution < 1.29 is 4.74 Å². The van der Waals surface area contributed by atoms with E-state index in [0.29, 0.717) is 6.61 Å². The lowest BCUT2D eigenvalue weighted by molar-refractivity contribution is 0.227. The van der Waals surface area contributed by atoms with E-state index in [9.17, 15) is 0 Å². The van der Waals surface area contributed by atoms with Gasteiger partial charge >= 0.3 is 0 Å². The molecule has 2 aliphatic rings. The predicted octanol–water partition coefficient (Wildman–Crippen LogP) is 4.00. The molecule has 0 aliphatic carbocycles. The van der Waals surface area contributed by atoms with Gasteiger partial charge in [0.15, 0.2) is 0 Å². The molecule has 0 amide bonds. The number of benzene rings is 2. The summed E-state index contributed by atoms with van der Waals surface area (Å²) >= 11 is 0. The lowest BCUT2D eigenvalue weighted by atomic mass is 9.99. The molecule has 130 valence electrons. The largest absolute Gasteiger partial charge is 0.496 e. The van der Waals surface area contributed by atoms with Gasteiger partial charge in [0.1, 0.15) is 6.61 Å². The van der Waals surface area contributed by atoms with Gasteiger partial charge in [-0.1, -0.05) is 36.4 Å². The third-order valence-electron chi connectivity index (χ3n) is 5.51. The van der Waals surface area contributed by atoms with Crippen LogP contribution in [0.15, 0.2) is 48.7 Å². The van der Waals surface area contributed by atoms with E-state index in [1.54, 1.807) is 0 Å². The minimum atomic E-state index is 0.695. The first-order valence-corrected chi connectivity index (χ1v) is 9.15. The molecule has 0 unspecified atom stereocenters. The second-order valence-electron chi connectivity index (χ2n) is 7.09. The summed E-state index contributed by atoms with van der Waals surface area (Å²) in [4.78, 5) is 5.07. The molecule has 3 nitrogen and oxygen atoms in total. The number of fused-ring (bicyclic) bond motifs is 1. The van der Waals surface area contributed by atoms with Crippen molar-refractivity contribution in [3.05, 3.63) is 71.0 Å². The van der Waals surface area contributed by atoms with Crippen LogP contribution in [-0.2, 0) is 11.3 Å². The third kappa shape index (κ3) is 3.29. The van der Waals surface area contributed by atoms with Crippen LogP contribution in [0.1, 0.15) is 22.3 Å². The second-order valence-corrected chi connectivity index (χ2v) is 7.09. The topological polar surface area (TPSA) is 15.7 Å². The van der Waals surface area contributed by atoms with Gasteiger partial charge in [-0.25, -0.2) is 0 Å². The van der Waals surface area contributed by atoms with Crippen molar-refractivity contribution in [2.45, 2.75) is 20.5 Å². The average Bonchev–Trinajstić information content (AvgIpc) is 2.65. The summed E-state index contributed by atoms with van der Waals surface area (Å²) < 4.78 is 5.67. The molecule has 1 saturated heterocycles. The molecule has 4 rings (SSSR count). The number of nitrogens with zero attached hydrogens (tertiary/aromatic N) is 2. The van der Waals surface area contributed by atoms with E-state index in [0.717, 1.165) is 32.7 Å². The average molecular weight is 334 g/mol. The maximum absolute atomic E-state index is 5.67. The predicted molar refractivity (Wildman–Crippen MR) is 104 cm³/mol. The highest BCUT2D eigenvalue weighted by Crippen LogP contribution is 2.27. The highest BCUT2D eigenvalue weighted by atomic mass is 16.5. The molecule has 3 heteroatoms. The van der Waals surface area contributed by atoms with Crippen molar-refractivity contribution in [3.8, 4) is 0 Å². The van der Waals surface area contributed by atoms with Crippen molar-refractivity contribution in [2.24, 2.45) is 0 Å². The Morgan fingerprint density at radius 2 is 1.72 bits per heavy atom. The van der Waals surface area contributed by atoms with Gasteiger partial charge in [-0.05, 0) is 42.2 Å². The summed E-state index contributed by atoms with van der Waals surface area (Å²) in [6.07, 6.45) is 1.96. The van der Waals surface area contributed by atoms with Crippen LogP contribution in [0.3, 0.4) is 0 Å². The van der Waals surface area contributed by atoms with Crippen LogP contribution in [-0.4, -0.2) is 37.6 Å². The van der Waals surface area contributed by atoms with Gasteiger partial charge in [0.25, 0.3) is 0 Å². The van der Waals surface area contributed by atoms with Gasteiger partial charge in [0.05, 0.1) is 6.26 Å². The Morgan fingerprint density at radius 3 is 2.56 bits per heavy atom. The summed E-state index contributed by atoms with van der Waals surface area (Å²) in [5.41, 5.74) is 8.14. The summed E-state index contributed by atoms with van der Waals surface area (Å²) in [5.74, 6) is 0. The van der Waals surface area contributed by atoms with E-state index in [4.69, 9.17) is 4.74 Å². The Kier molecular flexibility index (Phi) is 4.50. The first kappa shape index (κ1) is 16.2. The van der Waals surface area contributed by atoms with Crippen molar-refractivity contribution in [1.82, 2.24) is 4.90 Å². The van der Waals surface area contributed by atoms with Gasteiger partial charge < -0.3 is 9.64 Å². The Morgan fingerprint density at radius 1 is 0.920 bits per heavy atom. The molecule has 0 saturated carbocycles. The molecule has 0 bridgehead atoms. The summed E-state index contributed by atoms with van der Waals surface area (Å²) in [7, 11) is 0. The molecule has 1 fully saturated rings. The molecule has 0 radical (unpaired) electrons. The number of aryl methyl sites for hydroxylation is 1. The molecule has 0 aromatic heterocycles. The van der Waals surface area contributed by atoms with Crippen LogP contribution >= 0.6 is 0 Å². The molecule has 2 aromatic carbocycles. The van der Waals surface area contributed by atoms with Crippen LogP contribution in [0.5, 0.6) is 0 Å². The Hall–Kier alpha value is -2.26. The summed E-state index contributed by atoms with van der Waals surface area (Å²) in [5, 5.41) is 0. The van der Waals surface area contributed by atoms with Gasteiger partial charge in [0, 0.05) is 44.0 Å². The fourth-order valence-corrected chi connectivity index (χ4v) is 3.84. The number of anilines is 1. The van der Waals surface area contributed by atoms with E-state index in [-0.39, 0.29) is 0 Å². The zero-order chi connectivity index (χ0) is 17.2. The van der Waals surface area contributed by atoms with Crippen LogP contribution < -0.4 is 4.90 Å². The Labute approximate surface area is 150 Å².